The number of hydrogen-bond donors (Lipinski definition) is 2. The molecule has 0 bridgehead atoms. The Morgan fingerprint density at radius 1 is 1.10 bits per heavy atom. The molecule has 2 amide bonds. The van der Waals surface area contributed by atoms with Crippen LogP contribution in [0.2, 0.25) is 0 Å². The van der Waals surface area contributed by atoms with Crippen molar-refractivity contribution in [2.24, 2.45) is 0 Å². The molecule has 5 nitrogen and oxygen atoms in total. The number of carbonyl (C=O) groups is 2. The van der Waals surface area contributed by atoms with Gasteiger partial charge in [-0.2, -0.15) is 0 Å². The third-order valence-corrected chi connectivity index (χ3v) is 4.27. The quantitative estimate of drug-likeness (QED) is 0.740. The molecule has 0 aromatic heterocycles. The maximum absolute atomic E-state index is 12.3. The van der Waals surface area contributed by atoms with Gasteiger partial charge in [-0.05, 0) is 53.6 Å². The van der Waals surface area contributed by atoms with E-state index in [1.807, 2.05) is 0 Å². The summed E-state index contributed by atoms with van der Waals surface area (Å²) in [6.07, 6.45) is 5.54. The van der Waals surface area contributed by atoms with Crippen LogP contribution in [0.25, 0.3) is 0 Å². The van der Waals surface area contributed by atoms with Gasteiger partial charge in [0.05, 0.1) is 11.3 Å². The van der Waals surface area contributed by atoms with Crippen LogP contribution >= 0.6 is 22.6 Å². The first-order valence-corrected chi connectivity index (χ1v) is 8.24. The first-order valence-electron chi connectivity index (χ1n) is 7.16. The van der Waals surface area contributed by atoms with E-state index in [1.165, 1.54) is 6.42 Å². The summed E-state index contributed by atoms with van der Waals surface area (Å²) in [5, 5.41) is 12.0. The smallest absolute Gasteiger partial charge is 0.337 e. The molecule has 1 aliphatic rings. The zero-order valence-electron chi connectivity index (χ0n) is 11.8. The van der Waals surface area contributed by atoms with Crippen LogP contribution in [0.1, 0.15) is 42.5 Å². The lowest BCUT2D eigenvalue weighted by Gasteiger charge is -2.25. The summed E-state index contributed by atoms with van der Waals surface area (Å²) in [5.74, 6) is -1.03. The molecule has 0 saturated carbocycles. The highest BCUT2D eigenvalue weighted by Gasteiger charge is 2.18. The fourth-order valence-electron chi connectivity index (χ4n) is 2.45. The number of rotatable bonds is 2. The molecule has 1 fully saturated rings. The first kappa shape index (κ1) is 16.1. The summed E-state index contributed by atoms with van der Waals surface area (Å²) >= 11 is 2.06. The normalized spacial score (nSPS) is 16.0. The van der Waals surface area contributed by atoms with Gasteiger partial charge in [0.2, 0.25) is 0 Å². The number of aromatic carboxylic acids is 1. The van der Waals surface area contributed by atoms with Crippen molar-refractivity contribution in [1.82, 2.24) is 4.90 Å². The van der Waals surface area contributed by atoms with E-state index in [0.717, 1.165) is 42.3 Å². The number of benzene rings is 1. The number of carbonyl (C=O) groups excluding carboxylic acids is 1. The highest BCUT2D eigenvalue weighted by Crippen LogP contribution is 2.20. The van der Waals surface area contributed by atoms with E-state index in [9.17, 15) is 14.7 Å². The first-order chi connectivity index (χ1) is 10.1. The molecule has 0 radical (unpaired) electrons. The van der Waals surface area contributed by atoms with Gasteiger partial charge in [-0.25, -0.2) is 9.59 Å². The molecule has 1 aromatic carbocycles. The molecule has 1 aromatic rings. The van der Waals surface area contributed by atoms with Gasteiger partial charge in [0.25, 0.3) is 0 Å². The number of nitrogens with zero attached hydrogens (tertiary/aromatic N) is 1. The fraction of sp³-hybridized carbons (Fsp3) is 0.467. The van der Waals surface area contributed by atoms with Crippen LogP contribution in [0.15, 0.2) is 18.2 Å². The Balaban J connectivity index is 2.09. The lowest BCUT2D eigenvalue weighted by Crippen LogP contribution is -2.37. The number of urea groups is 1. The van der Waals surface area contributed by atoms with E-state index in [-0.39, 0.29) is 11.6 Å². The number of amides is 2. The molecule has 114 valence electrons. The van der Waals surface area contributed by atoms with Crippen molar-refractivity contribution in [3.05, 3.63) is 27.3 Å². The van der Waals surface area contributed by atoms with Gasteiger partial charge < -0.3 is 15.3 Å². The topological polar surface area (TPSA) is 69.6 Å². The van der Waals surface area contributed by atoms with Crippen LogP contribution in [0.5, 0.6) is 0 Å². The van der Waals surface area contributed by atoms with Crippen molar-refractivity contribution in [1.29, 1.82) is 0 Å². The molecule has 21 heavy (non-hydrogen) atoms. The third kappa shape index (κ3) is 4.59. The molecule has 1 heterocycles. The van der Waals surface area contributed by atoms with Crippen LogP contribution in [-0.2, 0) is 0 Å². The average molecular weight is 402 g/mol. The zero-order chi connectivity index (χ0) is 15.2. The summed E-state index contributed by atoms with van der Waals surface area (Å²) in [6, 6.07) is 4.79. The number of halogens is 1. The molecule has 0 aliphatic carbocycles. The Morgan fingerprint density at radius 2 is 1.71 bits per heavy atom. The lowest BCUT2D eigenvalue weighted by molar-refractivity contribution is 0.0698. The second-order valence-electron chi connectivity index (χ2n) is 5.18. The van der Waals surface area contributed by atoms with E-state index < -0.39 is 5.97 Å². The maximum Gasteiger partial charge on any atom is 0.337 e. The van der Waals surface area contributed by atoms with E-state index in [4.69, 9.17) is 0 Å². The van der Waals surface area contributed by atoms with E-state index in [1.54, 1.807) is 23.1 Å². The Labute approximate surface area is 137 Å². The standard InChI is InChI=1S/C15H19IN2O3/c16-11-6-7-13(12(10-11)14(19)20)17-15(21)18-8-4-2-1-3-5-9-18/h6-7,10H,1-5,8-9H2,(H,17,21)(H,19,20). The molecule has 1 aliphatic heterocycles. The molecule has 1 saturated heterocycles. The predicted octanol–water partition coefficient (Wildman–Crippen LogP) is 3.79. The van der Waals surface area contributed by atoms with Crippen LogP contribution in [0.4, 0.5) is 10.5 Å². The summed E-state index contributed by atoms with van der Waals surface area (Å²) in [6.45, 7) is 1.47. The Hall–Kier alpha value is -1.31. The lowest BCUT2D eigenvalue weighted by atomic mass is 10.1. The fourth-order valence-corrected chi connectivity index (χ4v) is 2.94. The summed E-state index contributed by atoms with van der Waals surface area (Å²) < 4.78 is 0.828. The summed E-state index contributed by atoms with van der Waals surface area (Å²) in [5.41, 5.74) is 0.484. The highest BCUT2D eigenvalue weighted by molar-refractivity contribution is 14.1. The van der Waals surface area contributed by atoms with Gasteiger partial charge in [-0.15, -0.1) is 0 Å². The van der Waals surface area contributed by atoms with E-state index in [0.29, 0.717) is 5.69 Å². The minimum Gasteiger partial charge on any atom is -0.478 e. The maximum atomic E-state index is 12.3. The van der Waals surface area contributed by atoms with Crippen molar-refractivity contribution in [3.8, 4) is 0 Å². The van der Waals surface area contributed by atoms with E-state index in [2.05, 4.69) is 27.9 Å². The second-order valence-corrected chi connectivity index (χ2v) is 6.43. The van der Waals surface area contributed by atoms with Crippen LogP contribution in [-0.4, -0.2) is 35.1 Å². The van der Waals surface area contributed by atoms with Crippen molar-refractivity contribution >= 4 is 40.3 Å². The SMILES string of the molecule is O=C(O)c1cc(I)ccc1NC(=O)N1CCCCCCC1. The van der Waals surface area contributed by atoms with Crippen LogP contribution in [0, 0.1) is 3.57 Å². The molecule has 0 unspecified atom stereocenters. The molecule has 0 atom stereocenters. The molecule has 2 N–H and O–H groups in total. The number of likely N-dealkylation sites (tertiary alicyclic amines) is 1. The number of nitrogens with one attached hydrogen (secondary N) is 1. The molecular formula is C15H19IN2O3. The van der Waals surface area contributed by atoms with Crippen molar-refractivity contribution in [2.45, 2.75) is 32.1 Å². The minimum atomic E-state index is -1.03. The monoisotopic (exact) mass is 402 g/mol. The van der Waals surface area contributed by atoms with Gasteiger partial charge in [0, 0.05) is 16.7 Å². The molecule has 0 spiro atoms. The van der Waals surface area contributed by atoms with Gasteiger partial charge in [0.15, 0.2) is 0 Å². The van der Waals surface area contributed by atoms with Gasteiger partial charge in [-0.3, -0.25) is 0 Å². The molecule has 6 heteroatoms. The number of carboxylic acid groups (broad SMARTS) is 1. The number of anilines is 1. The van der Waals surface area contributed by atoms with Gasteiger partial charge >= 0.3 is 12.0 Å². The van der Waals surface area contributed by atoms with Crippen LogP contribution < -0.4 is 5.32 Å². The third-order valence-electron chi connectivity index (χ3n) is 3.60. The predicted molar refractivity (Wildman–Crippen MR) is 89.8 cm³/mol. The van der Waals surface area contributed by atoms with Crippen molar-refractivity contribution in [3.63, 3.8) is 0 Å². The molecular weight excluding hydrogens is 383 g/mol. The molecule has 2 rings (SSSR count). The largest absolute Gasteiger partial charge is 0.478 e. The zero-order valence-corrected chi connectivity index (χ0v) is 13.9. The number of carboxylic acids is 1. The highest BCUT2D eigenvalue weighted by atomic mass is 127. The number of hydrogen-bond acceptors (Lipinski definition) is 2. The van der Waals surface area contributed by atoms with Crippen molar-refractivity contribution < 1.29 is 14.7 Å². The summed E-state index contributed by atoms with van der Waals surface area (Å²) in [7, 11) is 0. The summed E-state index contributed by atoms with van der Waals surface area (Å²) in [4.78, 5) is 25.4. The average Bonchev–Trinajstić information content (AvgIpc) is 2.40. The Kier molecular flexibility index (Phi) is 5.84. The van der Waals surface area contributed by atoms with Gasteiger partial charge in [0.1, 0.15) is 0 Å². The van der Waals surface area contributed by atoms with Gasteiger partial charge in [-0.1, -0.05) is 19.3 Å². The van der Waals surface area contributed by atoms with E-state index >= 15 is 0 Å². The second kappa shape index (κ2) is 7.63. The minimum absolute atomic E-state index is 0.127. The van der Waals surface area contributed by atoms with Crippen LogP contribution in [0.3, 0.4) is 0 Å². The Morgan fingerprint density at radius 3 is 2.33 bits per heavy atom. The van der Waals surface area contributed by atoms with Crippen molar-refractivity contribution in [2.75, 3.05) is 18.4 Å². The Bertz CT molecular complexity index is 526.